The van der Waals surface area contributed by atoms with Crippen molar-refractivity contribution < 1.29 is 9.53 Å². The van der Waals surface area contributed by atoms with Gasteiger partial charge in [-0.05, 0) is 56.0 Å². The predicted octanol–water partition coefficient (Wildman–Crippen LogP) is 3.86. The minimum Gasteiger partial charge on any atom is -0.497 e. The molecule has 0 atom stereocenters. The molecule has 1 aromatic heterocycles. The monoisotopic (exact) mass is 419 g/mol. The number of hydrogen-bond donors (Lipinski definition) is 2. The number of ether oxygens (including phenoxy) is 1. The number of benzene rings is 2. The van der Waals surface area contributed by atoms with Crippen LogP contribution in [-0.2, 0) is 0 Å². The second-order valence-corrected chi connectivity index (χ2v) is 8.18. The second kappa shape index (κ2) is 9.20. The number of carbonyl (C=O) groups excluding carboxylic acids is 1. The number of methoxy groups -OCH3 is 1. The molecule has 1 aliphatic rings. The number of anilines is 2. The zero-order valence-corrected chi connectivity index (χ0v) is 18.3. The molecule has 7 heteroatoms. The van der Waals surface area contributed by atoms with Gasteiger partial charge in [-0.1, -0.05) is 18.2 Å². The molecule has 162 valence electrons. The van der Waals surface area contributed by atoms with Gasteiger partial charge in [0.25, 0.3) is 5.91 Å². The molecule has 0 aliphatic heterocycles. The van der Waals surface area contributed by atoms with E-state index in [1.165, 1.54) is 0 Å². The smallest absolute Gasteiger partial charge is 0.251 e. The normalized spacial score (nSPS) is 18.4. The van der Waals surface area contributed by atoms with Crippen LogP contribution in [-0.4, -0.2) is 49.2 Å². The molecule has 1 heterocycles. The predicted molar refractivity (Wildman–Crippen MR) is 124 cm³/mol. The summed E-state index contributed by atoms with van der Waals surface area (Å²) in [4.78, 5) is 24.0. The zero-order valence-electron chi connectivity index (χ0n) is 18.3. The van der Waals surface area contributed by atoms with E-state index in [0.717, 1.165) is 42.4 Å². The summed E-state index contributed by atoms with van der Waals surface area (Å²) in [7, 11) is 5.59. The van der Waals surface area contributed by atoms with Crippen molar-refractivity contribution in [1.82, 2.24) is 15.3 Å². The highest BCUT2D eigenvalue weighted by Gasteiger charge is 2.24. The summed E-state index contributed by atoms with van der Waals surface area (Å²) in [6, 6.07) is 15.8. The first-order valence-corrected chi connectivity index (χ1v) is 10.7. The maximum absolute atomic E-state index is 12.6. The summed E-state index contributed by atoms with van der Waals surface area (Å²) in [5, 5.41) is 7.71. The van der Waals surface area contributed by atoms with Crippen LogP contribution in [0.5, 0.6) is 5.75 Å². The molecule has 1 saturated carbocycles. The fraction of sp³-hybridized carbons (Fsp3) is 0.375. The Labute approximate surface area is 182 Å². The van der Waals surface area contributed by atoms with E-state index in [4.69, 9.17) is 14.7 Å². The second-order valence-electron chi connectivity index (χ2n) is 8.18. The van der Waals surface area contributed by atoms with Crippen LogP contribution in [0.4, 0.5) is 11.8 Å². The fourth-order valence-electron chi connectivity index (χ4n) is 4.06. The quantitative estimate of drug-likeness (QED) is 0.632. The van der Waals surface area contributed by atoms with E-state index in [9.17, 15) is 4.79 Å². The molecule has 0 unspecified atom stereocenters. The van der Waals surface area contributed by atoms with Crippen LogP contribution in [0.3, 0.4) is 0 Å². The highest BCUT2D eigenvalue weighted by Crippen LogP contribution is 2.26. The molecule has 7 nitrogen and oxygen atoms in total. The third kappa shape index (κ3) is 4.87. The van der Waals surface area contributed by atoms with Gasteiger partial charge in [-0.25, -0.2) is 4.98 Å². The molecule has 31 heavy (non-hydrogen) atoms. The molecule has 2 N–H and O–H groups in total. The van der Waals surface area contributed by atoms with E-state index >= 15 is 0 Å². The summed E-state index contributed by atoms with van der Waals surface area (Å²) >= 11 is 0. The maximum Gasteiger partial charge on any atom is 0.251 e. The van der Waals surface area contributed by atoms with Gasteiger partial charge in [-0.2, -0.15) is 4.98 Å². The number of rotatable bonds is 6. The highest BCUT2D eigenvalue weighted by atomic mass is 16.5. The standard InChI is InChI=1S/C24H29N5O2/c1-29(2)22-20-9-4-5-10-21(20)27-24(28-22)26-18-13-11-17(12-14-18)25-23(30)16-7-6-8-19(15-16)31-3/h4-10,15,17-18H,11-14H2,1-3H3,(H,25,30)(H,26,27,28). The summed E-state index contributed by atoms with van der Waals surface area (Å²) in [6.45, 7) is 0. The Kier molecular flexibility index (Phi) is 6.21. The van der Waals surface area contributed by atoms with Crippen molar-refractivity contribution in [2.75, 3.05) is 31.4 Å². The lowest BCUT2D eigenvalue weighted by atomic mass is 9.91. The van der Waals surface area contributed by atoms with E-state index < -0.39 is 0 Å². The van der Waals surface area contributed by atoms with E-state index in [1.54, 1.807) is 13.2 Å². The first-order chi connectivity index (χ1) is 15.0. The van der Waals surface area contributed by atoms with Gasteiger partial charge >= 0.3 is 0 Å². The van der Waals surface area contributed by atoms with Crippen LogP contribution in [0.25, 0.3) is 10.9 Å². The van der Waals surface area contributed by atoms with Crippen LogP contribution in [0.15, 0.2) is 48.5 Å². The summed E-state index contributed by atoms with van der Waals surface area (Å²) in [5.74, 6) is 2.20. The van der Waals surface area contributed by atoms with Gasteiger partial charge in [0.05, 0.1) is 12.6 Å². The molecule has 1 aliphatic carbocycles. The van der Waals surface area contributed by atoms with Crippen LogP contribution in [0, 0.1) is 0 Å². The van der Waals surface area contributed by atoms with E-state index in [-0.39, 0.29) is 11.9 Å². The fourth-order valence-corrected chi connectivity index (χ4v) is 4.06. The van der Waals surface area contributed by atoms with Crippen molar-refractivity contribution in [3.8, 4) is 5.75 Å². The van der Waals surface area contributed by atoms with Crippen molar-refractivity contribution >= 4 is 28.6 Å². The topological polar surface area (TPSA) is 79.4 Å². The first-order valence-electron chi connectivity index (χ1n) is 10.7. The molecule has 1 amide bonds. The number of amides is 1. The van der Waals surface area contributed by atoms with Crippen LogP contribution >= 0.6 is 0 Å². The Morgan fingerprint density at radius 1 is 1.00 bits per heavy atom. The lowest BCUT2D eigenvalue weighted by molar-refractivity contribution is 0.0926. The summed E-state index contributed by atoms with van der Waals surface area (Å²) in [5.41, 5.74) is 1.56. The largest absolute Gasteiger partial charge is 0.497 e. The Hall–Kier alpha value is -3.35. The summed E-state index contributed by atoms with van der Waals surface area (Å²) in [6.07, 6.45) is 3.75. The molecule has 0 spiro atoms. The first kappa shape index (κ1) is 20.9. The van der Waals surface area contributed by atoms with E-state index in [2.05, 4.69) is 10.6 Å². The molecule has 2 aromatic carbocycles. The molecule has 1 fully saturated rings. The van der Waals surface area contributed by atoms with Crippen molar-refractivity contribution in [1.29, 1.82) is 0 Å². The summed E-state index contributed by atoms with van der Waals surface area (Å²) < 4.78 is 5.21. The molecule has 3 aromatic rings. The molecule has 0 bridgehead atoms. The lowest BCUT2D eigenvalue weighted by Crippen LogP contribution is -2.40. The van der Waals surface area contributed by atoms with E-state index in [0.29, 0.717) is 23.3 Å². The van der Waals surface area contributed by atoms with Gasteiger partial charge in [-0.3, -0.25) is 4.79 Å². The highest BCUT2D eigenvalue weighted by molar-refractivity contribution is 5.94. The van der Waals surface area contributed by atoms with Gasteiger partial charge in [0.15, 0.2) is 0 Å². The minimum atomic E-state index is -0.0520. The maximum atomic E-state index is 12.6. The van der Waals surface area contributed by atoms with Crippen molar-refractivity contribution in [3.05, 3.63) is 54.1 Å². The number of aromatic nitrogens is 2. The zero-order chi connectivity index (χ0) is 21.8. The third-order valence-electron chi connectivity index (χ3n) is 5.73. The number of nitrogens with one attached hydrogen (secondary N) is 2. The average Bonchev–Trinajstić information content (AvgIpc) is 2.79. The number of nitrogens with zero attached hydrogens (tertiary/aromatic N) is 3. The number of hydrogen-bond acceptors (Lipinski definition) is 6. The van der Waals surface area contributed by atoms with Gasteiger partial charge in [0, 0.05) is 37.1 Å². The van der Waals surface area contributed by atoms with Crippen molar-refractivity contribution in [2.45, 2.75) is 37.8 Å². The van der Waals surface area contributed by atoms with Crippen molar-refractivity contribution in [3.63, 3.8) is 0 Å². The average molecular weight is 420 g/mol. The molecule has 0 radical (unpaired) electrons. The Morgan fingerprint density at radius 2 is 1.74 bits per heavy atom. The lowest BCUT2D eigenvalue weighted by Gasteiger charge is -2.30. The van der Waals surface area contributed by atoms with Crippen LogP contribution in [0.2, 0.25) is 0 Å². The SMILES string of the molecule is COc1cccc(C(=O)NC2CCC(Nc3nc(N(C)C)c4ccccc4n3)CC2)c1. The number of fused-ring (bicyclic) bond motifs is 1. The molecule has 4 rings (SSSR count). The Balaban J connectivity index is 1.36. The molecular formula is C24H29N5O2. The van der Waals surface area contributed by atoms with E-state index in [1.807, 2.05) is 61.5 Å². The van der Waals surface area contributed by atoms with Crippen LogP contribution < -0.4 is 20.3 Å². The molecular weight excluding hydrogens is 390 g/mol. The Bertz CT molecular complexity index is 1060. The number of carbonyl (C=O) groups is 1. The van der Waals surface area contributed by atoms with Crippen LogP contribution in [0.1, 0.15) is 36.0 Å². The molecule has 0 saturated heterocycles. The number of para-hydroxylation sites is 1. The van der Waals surface area contributed by atoms with Gasteiger partial charge in [-0.15, -0.1) is 0 Å². The minimum absolute atomic E-state index is 0.0520. The van der Waals surface area contributed by atoms with Gasteiger partial charge < -0.3 is 20.3 Å². The third-order valence-corrected chi connectivity index (χ3v) is 5.73. The van der Waals surface area contributed by atoms with Gasteiger partial charge in [0.1, 0.15) is 11.6 Å². The van der Waals surface area contributed by atoms with Crippen molar-refractivity contribution in [2.24, 2.45) is 0 Å². The Morgan fingerprint density at radius 3 is 2.48 bits per heavy atom. The van der Waals surface area contributed by atoms with Gasteiger partial charge in [0.2, 0.25) is 5.95 Å².